The Bertz CT molecular complexity index is 933. The molecule has 5 rings (SSSR count). The molecule has 1 aromatic rings. The summed E-state index contributed by atoms with van der Waals surface area (Å²) >= 11 is 0. The van der Waals surface area contributed by atoms with Gasteiger partial charge in [-0.3, -0.25) is 9.69 Å². The Morgan fingerprint density at radius 2 is 1.75 bits per heavy atom. The lowest BCUT2D eigenvalue weighted by Crippen LogP contribution is -2.56. The number of nitrogens with one attached hydrogen (secondary N) is 1. The highest BCUT2D eigenvalue weighted by Gasteiger charge is 2.54. The van der Waals surface area contributed by atoms with E-state index in [0.717, 1.165) is 51.5 Å². The summed E-state index contributed by atoms with van der Waals surface area (Å²) in [5, 5.41) is 13.2. The molecule has 1 saturated heterocycles. The second-order valence-electron chi connectivity index (χ2n) is 12.2. The maximum absolute atomic E-state index is 13.7. The van der Waals surface area contributed by atoms with Gasteiger partial charge in [0.15, 0.2) is 0 Å². The number of hydrogen-bond donors (Lipinski definition) is 2. The molecule has 0 aromatic heterocycles. The largest absolute Gasteiger partial charge is 0.388 e. The van der Waals surface area contributed by atoms with Crippen molar-refractivity contribution in [3.63, 3.8) is 0 Å². The zero-order valence-electron chi connectivity index (χ0n) is 22.2. The van der Waals surface area contributed by atoms with Gasteiger partial charge in [-0.05, 0) is 83.4 Å². The number of hydrogen-bond acceptors (Lipinski definition) is 4. The second kappa shape index (κ2) is 9.97. The highest BCUT2D eigenvalue weighted by atomic mass is 16.3. The molecule has 1 spiro atoms. The normalized spacial score (nSPS) is 29.9. The van der Waals surface area contributed by atoms with Crippen molar-refractivity contribution in [3.8, 4) is 0 Å². The van der Waals surface area contributed by atoms with Gasteiger partial charge in [-0.25, -0.2) is 4.79 Å². The Balaban J connectivity index is 1.26. The number of carbonyl (C=O) groups is 2. The Morgan fingerprint density at radius 1 is 1.06 bits per heavy atom. The maximum atomic E-state index is 13.7. The Kier molecular flexibility index (Phi) is 7.07. The summed E-state index contributed by atoms with van der Waals surface area (Å²) in [6.45, 7) is 2.34. The van der Waals surface area contributed by atoms with Crippen LogP contribution in [0.5, 0.6) is 0 Å². The highest BCUT2D eigenvalue weighted by molar-refractivity contribution is 5.80. The van der Waals surface area contributed by atoms with E-state index in [1.807, 2.05) is 4.90 Å². The molecule has 0 atom stereocenters. The molecular formula is C29H44N4O3. The van der Waals surface area contributed by atoms with Gasteiger partial charge in [0.05, 0.1) is 11.1 Å². The van der Waals surface area contributed by atoms with E-state index >= 15 is 0 Å². The average Bonchev–Trinajstić information content (AvgIpc) is 3.08. The van der Waals surface area contributed by atoms with Gasteiger partial charge < -0.3 is 20.2 Å². The summed E-state index contributed by atoms with van der Waals surface area (Å²) in [6, 6.07) is 10.9. The first-order chi connectivity index (χ1) is 17.3. The van der Waals surface area contributed by atoms with Gasteiger partial charge in [0.25, 0.3) is 0 Å². The molecule has 4 fully saturated rings. The molecule has 4 aliphatic rings. The minimum Gasteiger partial charge on any atom is -0.388 e. The van der Waals surface area contributed by atoms with E-state index in [1.54, 1.807) is 0 Å². The van der Waals surface area contributed by atoms with Gasteiger partial charge in [-0.1, -0.05) is 36.8 Å². The van der Waals surface area contributed by atoms with Crippen molar-refractivity contribution >= 4 is 11.9 Å². The van der Waals surface area contributed by atoms with Crippen LogP contribution in [0, 0.1) is 5.92 Å². The van der Waals surface area contributed by atoms with Crippen LogP contribution in [-0.2, 0) is 10.3 Å². The van der Waals surface area contributed by atoms with Gasteiger partial charge in [0.2, 0.25) is 5.91 Å². The summed E-state index contributed by atoms with van der Waals surface area (Å²) in [5.74, 6) is 0.543. The highest BCUT2D eigenvalue weighted by Crippen LogP contribution is 2.49. The first-order valence-corrected chi connectivity index (χ1v) is 14.0. The fraction of sp³-hybridized carbons (Fsp3) is 0.724. The fourth-order valence-electron chi connectivity index (χ4n) is 6.91. The summed E-state index contributed by atoms with van der Waals surface area (Å²) < 4.78 is 0. The van der Waals surface area contributed by atoms with Crippen LogP contribution in [0.2, 0.25) is 0 Å². The van der Waals surface area contributed by atoms with Gasteiger partial charge in [-0.2, -0.15) is 0 Å². The van der Waals surface area contributed by atoms with E-state index in [9.17, 15) is 14.7 Å². The Morgan fingerprint density at radius 3 is 2.31 bits per heavy atom. The molecule has 0 radical (unpaired) electrons. The average molecular weight is 497 g/mol. The molecule has 7 nitrogen and oxygen atoms in total. The van der Waals surface area contributed by atoms with Crippen LogP contribution < -0.4 is 5.32 Å². The number of nitrogens with zero attached hydrogens (tertiary/aromatic N) is 3. The summed E-state index contributed by atoms with van der Waals surface area (Å²) in [4.78, 5) is 32.7. The van der Waals surface area contributed by atoms with Crippen LogP contribution in [-0.4, -0.2) is 83.2 Å². The van der Waals surface area contributed by atoms with Crippen molar-refractivity contribution in [2.45, 2.75) is 87.3 Å². The first kappa shape index (κ1) is 25.5. The third kappa shape index (κ3) is 4.76. The Labute approximate surface area is 216 Å². The van der Waals surface area contributed by atoms with Gasteiger partial charge >= 0.3 is 6.03 Å². The van der Waals surface area contributed by atoms with E-state index in [-0.39, 0.29) is 23.0 Å². The number of amides is 3. The van der Waals surface area contributed by atoms with Gasteiger partial charge in [0, 0.05) is 38.1 Å². The lowest BCUT2D eigenvalue weighted by atomic mass is 9.68. The van der Waals surface area contributed by atoms with Crippen LogP contribution in [0.15, 0.2) is 30.3 Å². The number of rotatable bonds is 9. The number of benzene rings is 1. The summed E-state index contributed by atoms with van der Waals surface area (Å²) in [5.41, 5.74) is 0.495. The third-order valence-electron chi connectivity index (χ3n) is 9.91. The topological polar surface area (TPSA) is 76.1 Å². The molecule has 7 heteroatoms. The van der Waals surface area contributed by atoms with Crippen LogP contribution in [0.1, 0.15) is 76.2 Å². The standard InChI is InChI=1S/C29H44N4O3/c1-31(2)29(24-10-4-3-5-11-24)17-15-27(16-18-29)22-32(26(35)33(27)20-23-8-6-9-23)19-12-25(34)30-21-28(36)13-7-14-28/h3-5,10-11,23,36H,6-9,12-22H2,1-2H3,(H,30,34)/t27-,29+. The van der Waals surface area contributed by atoms with Crippen LogP contribution >= 0.6 is 0 Å². The summed E-state index contributed by atoms with van der Waals surface area (Å²) in [6.07, 6.45) is 10.5. The van der Waals surface area contributed by atoms with E-state index in [4.69, 9.17) is 0 Å². The monoisotopic (exact) mass is 496 g/mol. The molecule has 1 heterocycles. The van der Waals surface area contributed by atoms with Crippen molar-refractivity contribution in [2.75, 3.05) is 40.3 Å². The predicted octanol–water partition coefficient (Wildman–Crippen LogP) is 3.72. The molecule has 0 bridgehead atoms. The molecule has 1 aromatic carbocycles. The quantitative estimate of drug-likeness (QED) is 0.547. The third-order valence-corrected chi connectivity index (χ3v) is 9.91. The molecular weight excluding hydrogens is 452 g/mol. The van der Waals surface area contributed by atoms with Crippen LogP contribution in [0.3, 0.4) is 0 Å². The molecule has 3 amide bonds. The lowest BCUT2D eigenvalue weighted by molar-refractivity contribution is -0.123. The maximum Gasteiger partial charge on any atom is 0.320 e. The van der Waals surface area contributed by atoms with E-state index in [1.165, 1.54) is 24.8 Å². The molecule has 1 aliphatic heterocycles. The minimum atomic E-state index is -0.720. The smallest absolute Gasteiger partial charge is 0.320 e. The zero-order chi connectivity index (χ0) is 25.4. The van der Waals surface area contributed by atoms with Crippen molar-refractivity contribution < 1.29 is 14.7 Å². The lowest BCUT2D eigenvalue weighted by Gasteiger charge is -2.51. The fourth-order valence-corrected chi connectivity index (χ4v) is 6.91. The van der Waals surface area contributed by atoms with Crippen molar-refractivity contribution in [1.29, 1.82) is 0 Å². The predicted molar refractivity (Wildman–Crippen MR) is 140 cm³/mol. The van der Waals surface area contributed by atoms with Gasteiger partial charge in [-0.15, -0.1) is 0 Å². The second-order valence-corrected chi connectivity index (χ2v) is 12.2. The molecule has 2 N–H and O–H groups in total. The summed E-state index contributed by atoms with van der Waals surface area (Å²) in [7, 11) is 4.36. The van der Waals surface area contributed by atoms with Crippen molar-refractivity contribution in [1.82, 2.24) is 20.0 Å². The van der Waals surface area contributed by atoms with Crippen molar-refractivity contribution in [2.24, 2.45) is 5.92 Å². The molecule has 3 aliphatic carbocycles. The zero-order valence-corrected chi connectivity index (χ0v) is 22.2. The number of carbonyl (C=O) groups excluding carboxylic acids is 2. The van der Waals surface area contributed by atoms with Crippen LogP contribution in [0.4, 0.5) is 4.79 Å². The number of urea groups is 1. The molecule has 36 heavy (non-hydrogen) atoms. The molecule has 0 unspecified atom stereocenters. The minimum absolute atomic E-state index is 0.00716. The van der Waals surface area contributed by atoms with Gasteiger partial charge in [0.1, 0.15) is 0 Å². The Hall–Kier alpha value is -2.12. The van der Waals surface area contributed by atoms with Crippen LogP contribution in [0.25, 0.3) is 0 Å². The van der Waals surface area contributed by atoms with E-state index in [2.05, 4.69) is 59.5 Å². The van der Waals surface area contributed by atoms with E-state index < -0.39 is 5.60 Å². The molecule has 3 saturated carbocycles. The SMILES string of the molecule is CN(C)[C@]1(c2ccccc2)CC[C@]2(CC1)CN(CCC(=O)NCC1(O)CCC1)C(=O)N2CC1CCC1. The number of aliphatic hydroxyl groups is 1. The molecule has 198 valence electrons. The van der Waals surface area contributed by atoms with Crippen molar-refractivity contribution in [3.05, 3.63) is 35.9 Å². The first-order valence-electron chi connectivity index (χ1n) is 14.0. The van der Waals surface area contributed by atoms with E-state index in [0.29, 0.717) is 32.0 Å².